The summed E-state index contributed by atoms with van der Waals surface area (Å²) >= 11 is 4.05. The second-order valence-corrected chi connectivity index (χ2v) is 7.64. The minimum absolute atomic E-state index is 0.524. The quantitative estimate of drug-likeness (QED) is 0.683. The molecule has 3 rings (SSSR count). The van der Waals surface area contributed by atoms with Crippen LogP contribution in [0, 0.1) is 0 Å². The molecule has 0 spiro atoms. The number of hydrogen-bond acceptors (Lipinski definition) is 4. The molecule has 1 aliphatic carbocycles. The van der Waals surface area contributed by atoms with Gasteiger partial charge in [0, 0.05) is 22.0 Å². The normalized spacial score (nSPS) is 42.0. The van der Waals surface area contributed by atoms with Crippen LogP contribution in [0.3, 0.4) is 0 Å². The summed E-state index contributed by atoms with van der Waals surface area (Å²) in [6, 6.07) is 0. The van der Waals surface area contributed by atoms with E-state index in [9.17, 15) is 0 Å². The first-order chi connectivity index (χ1) is 7.90. The third-order valence-corrected chi connectivity index (χ3v) is 5.34. The van der Waals surface area contributed by atoms with Crippen LogP contribution in [-0.4, -0.2) is 47.4 Å². The number of hydrogen-bond donors (Lipinski definition) is 0. The van der Waals surface area contributed by atoms with Crippen LogP contribution in [0.1, 0.15) is 25.7 Å². The fraction of sp³-hybridized carbons (Fsp3) is 1.00. The van der Waals surface area contributed by atoms with Crippen molar-refractivity contribution in [2.75, 3.05) is 24.7 Å². The zero-order valence-electron chi connectivity index (χ0n) is 9.60. The lowest BCUT2D eigenvalue weighted by Gasteiger charge is -2.28. The van der Waals surface area contributed by atoms with Crippen molar-refractivity contribution in [1.82, 2.24) is 0 Å². The predicted octanol–water partition coefficient (Wildman–Crippen LogP) is 2.56. The zero-order chi connectivity index (χ0) is 10.8. The molecular formula is C12H20O2S2. The molecule has 3 aliphatic rings. The Morgan fingerprint density at radius 3 is 1.44 bits per heavy atom. The lowest BCUT2D eigenvalue weighted by Crippen LogP contribution is -2.28. The van der Waals surface area contributed by atoms with Crippen molar-refractivity contribution in [3.63, 3.8) is 0 Å². The van der Waals surface area contributed by atoms with Gasteiger partial charge in [-0.15, -0.1) is 0 Å². The van der Waals surface area contributed by atoms with E-state index in [-0.39, 0.29) is 0 Å². The van der Waals surface area contributed by atoms with Crippen LogP contribution in [0.5, 0.6) is 0 Å². The van der Waals surface area contributed by atoms with Crippen molar-refractivity contribution in [1.29, 1.82) is 0 Å². The van der Waals surface area contributed by atoms with Crippen molar-refractivity contribution < 1.29 is 9.47 Å². The molecule has 4 heteroatoms. The molecule has 2 heterocycles. The van der Waals surface area contributed by atoms with Crippen molar-refractivity contribution in [3.8, 4) is 0 Å². The lowest BCUT2D eigenvalue weighted by atomic mass is 9.95. The summed E-state index contributed by atoms with van der Waals surface area (Å²) in [4.78, 5) is 0. The summed E-state index contributed by atoms with van der Waals surface area (Å²) in [5.41, 5.74) is 0. The van der Waals surface area contributed by atoms with Crippen LogP contribution in [-0.2, 0) is 9.47 Å². The molecule has 1 saturated carbocycles. The molecule has 0 aromatic rings. The highest BCUT2D eigenvalue weighted by atomic mass is 32.2. The fourth-order valence-electron chi connectivity index (χ4n) is 2.18. The number of thioether (sulfide) groups is 2. The Morgan fingerprint density at radius 1 is 0.750 bits per heavy atom. The van der Waals surface area contributed by atoms with Crippen molar-refractivity contribution in [3.05, 3.63) is 0 Å². The Hall–Kier alpha value is 0.620. The highest BCUT2D eigenvalue weighted by Gasteiger charge is 2.28. The van der Waals surface area contributed by atoms with Gasteiger partial charge in [-0.2, -0.15) is 23.5 Å². The largest absolute Gasteiger partial charge is 0.377 e. The van der Waals surface area contributed by atoms with Gasteiger partial charge in [0.05, 0.1) is 25.4 Å². The molecule has 0 aromatic carbocycles. The third kappa shape index (κ3) is 3.83. The molecule has 2 unspecified atom stereocenters. The van der Waals surface area contributed by atoms with E-state index in [1.807, 2.05) is 23.5 Å². The molecule has 2 atom stereocenters. The molecule has 2 saturated heterocycles. The van der Waals surface area contributed by atoms with E-state index in [1.54, 1.807) is 0 Å². The maximum absolute atomic E-state index is 5.91. The lowest BCUT2D eigenvalue weighted by molar-refractivity contribution is -0.0271. The van der Waals surface area contributed by atoms with E-state index in [1.165, 1.54) is 37.2 Å². The standard InChI is InChI=1S/C12H20O2S2/c1-2-10(14-6-12-8-16-12)4-3-9(1)13-5-11-7-15-11/h9-12H,1-8H2. The van der Waals surface area contributed by atoms with Gasteiger partial charge in [-0.25, -0.2) is 0 Å². The third-order valence-electron chi connectivity index (χ3n) is 3.46. The van der Waals surface area contributed by atoms with E-state index < -0.39 is 0 Å². The van der Waals surface area contributed by atoms with Gasteiger partial charge < -0.3 is 9.47 Å². The van der Waals surface area contributed by atoms with Gasteiger partial charge in [-0.3, -0.25) is 0 Å². The Balaban J connectivity index is 1.28. The number of ether oxygens (including phenoxy) is 2. The monoisotopic (exact) mass is 260 g/mol. The van der Waals surface area contributed by atoms with Crippen LogP contribution in [0.25, 0.3) is 0 Å². The molecule has 16 heavy (non-hydrogen) atoms. The van der Waals surface area contributed by atoms with Gasteiger partial charge >= 0.3 is 0 Å². The summed E-state index contributed by atoms with van der Waals surface area (Å²) in [6.07, 6.45) is 5.88. The maximum atomic E-state index is 5.91. The van der Waals surface area contributed by atoms with E-state index in [4.69, 9.17) is 9.47 Å². The second kappa shape index (κ2) is 5.51. The van der Waals surface area contributed by atoms with Crippen molar-refractivity contribution in [2.45, 2.75) is 48.4 Å². The minimum atomic E-state index is 0.524. The summed E-state index contributed by atoms with van der Waals surface area (Å²) in [7, 11) is 0. The second-order valence-electron chi connectivity index (χ2n) is 4.98. The summed E-state index contributed by atoms with van der Waals surface area (Å²) in [5.74, 6) is 2.63. The van der Waals surface area contributed by atoms with Crippen LogP contribution < -0.4 is 0 Å². The van der Waals surface area contributed by atoms with Crippen molar-refractivity contribution >= 4 is 23.5 Å². The Kier molecular flexibility index (Phi) is 4.03. The van der Waals surface area contributed by atoms with Crippen LogP contribution >= 0.6 is 23.5 Å². The maximum Gasteiger partial charge on any atom is 0.0596 e. The van der Waals surface area contributed by atoms with Crippen LogP contribution in [0.4, 0.5) is 0 Å². The summed E-state index contributed by atoms with van der Waals surface area (Å²) < 4.78 is 11.8. The highest BCUT2D eigenvalue weighted by Crippen LogP contribution is 2.33. The van der Waals surface area contributed by atoms with Gasteiger partial charge in [0.1, 0.15) is 0 Å². The average molecular weight is 260 g/mol. The Bertz CT molecular complexity index is 197. The van der Waals surface area contributed by atoms with Crippen LogP contribution in [0.2, 0.25) is 0 Å². The smallest absolute Gasteiger partial charge is 0.0596 e. The van der Waals surface area contributed by atoms with Crippen molar-refractivity contribution in [2.24, 2.45) is 0 Å². The zero-order valence-corrected chi connectivity index (χ0v) is 11.2. The van der Waals surface area contributed by atoms with Gasteiger partial charge in [0.15, 0.2) is 0 Å². The van der Waals surface area contributed by atoms with E-state index in [2.05, 4.69) is 0 Å². The first kappa shape index (κ1) is 11.7. The summed E-state index contributed by atoms with van der Waals surface area (Å²) in [6.45, 7) is 1.97. The van der Waals surface area contributed by atoms with Gasteiger partial charge in [0.2, 0.25) is 0 Å². The van der Waals surface area contributed by atoms with Gasteiger partial charge in [0.25, 0.3) is 0 Å². The molecular weight excluding hydrogens is 240 g/mol. The van der Waals surface area contributed by atoms with Gasteiger partial charge in [-0.05, 0) is 25.7 Å². The molecule has 2 aliphatic heterocycles. The molecule has 0 amide bonds. The molecule has 0 aromatic heterocycles. The van der Waals surface area contributed by atoms with E-state index in [0.29, 0.717) is 12.2 Å². The topological polar surface area (TPSA) is 18.5 Å². The highest BCUT2D eigenvalue weighted by molar-refractivity contribution is 8.07. The first-order valence-corrected chi connectivity index (χ1v) is 8.46. The molecule has 2 nitrogen and oxygen atoms in total. The van der Waals surface area contributed by atoms with Crippen LogP contribution in [0.15, 0.2) is 0 Å². The molecule has 3 fully saturated rings. The molecule has 92 valence electrons. The number of rotatable bonds is 6. The molecule has 0 N–H and O–H groups in total. The van der Waals surface area contributed by atoms with E-state index >= 15 is 0 Å². The Labute approximate surface area is 106 Å². The predicted molar refractivity (Wildman–Crippen MR) is 70.4 cm³/mol. The SMILES string of the molecule is C1CC(OCC2CS2)CCC1OCC1CS1. The average Bonchev–Trinajstić information content (AvgIpc) is 3.17. The molecule has 0 radical (unpaired) electrons. The van der Waals surface area contributed by atoms with Gasteiger partial charge in [-0.1, -0.05) is 0 Å². The molecule has 0 bridgehead atoms. The Morgan fingerprint density at radius 2 is 1.12 bits per heavy atom. The van der Waals surface area contributed by atoms with E-state index in [0.717, 1.165) is 23.7 Å². The fourth-order valence-corrected chi connectivity index (χ4v) is 3.00. The minimum Gasteiger partial charge on any atom is -0.377 e. The summed E-state index contributed by atoms with van der Waals surface area (Å²) in [5, 5.41) is 1.64. The first-order valence-electron chi connectivity index (χ1n) is 6.36.